The summed E-state index contributed by atoms with van der Waals surface area (Å²) in [6, 6.07) is 10.4. The van der Waals surface area contributed by atoms with E-state index in [1.54, 1.807) is 11.0 Å². The highest BCUT2D eigenvalue weighted by Crippen LogP contribution is 2.39. The molecule has 5 heteroatoms. The van der Waals surface area contributed by atoms with Gasteiger partial charge in [0.15, 0.2) is 0 Å². The van der Waals surface area contributed by atoms with E-state index in [0.29, 0.717) is 5.92 Å². The summed E-state index contributed by atoms with van der Waals surface area (Å²) in [7, 11) is 0. The van der Waals surface area contributed by atoms with Crippen molar-refractivity contribution in [2.75, 3.05) is 5.75 Å². The van der Waals surface area contributed by atoms with E-state index in [0.717, 1.165) is 12.3 Å². The van der Waals surface area contributed by atoms with Crippen LogP contribution in [0.1, 0.15) is 17.3 Å². The molecule has 0 aliphatic carbocycles. The minimum atomic E-state index is 0.240. The van der Waals surface area contributed by atoms with Crippen LogP contribution < -0.4 is 0 Å². The standard InChI is InChI=1S/C12H10N4S/c13-5-12-14-8-16(15-12)6-9-7-17-11-4-2-1-3-10(9)11/h1-4,8-9H,6-7H2. The quantitative estimate of drug-likeness (QED) is 0.808. The van der Waals surface area contributed by atoms with Crippen LogP contribution in [0.5, 0.6) is 0 Å². The Morgan fingerprint density at radius 1 is 1.47 bits per heavy atom. The molecule has 3 rings (SSSR count). The number of hydrogen-bond acceptors (Lipinski definition) is 4. The van der Waals surface area contributed by atoms with Crippen molar-refractivity contribution < 1.29 is 0 Å². The van der Waals surface area contributed by atoms with Gasteiger partial charge >= 0.3 is 0 Å². The summed E-state index contributed by atoms with van der Waals surface area (Å²) in [6.45, 7) is 0.790. The fraction of sp³-hybridized carbons (Fsp3) is 0.250. The molecule has 0 N–H and O–H groups in total. The van der Waals surface area contributed by atoms with Gasteiger partial charge in [0.25, 0.3) is 5.82 Å². The summed E-state index contributed by atoms with van der Waals surface area (Å²) >= 11 is 1.88. The van der Waals surface area contributed by atoms with Crippen LogP contribution in [0.4, 0.5) is 0 Å². The number of thioether (sulfide) groups is 1. The maximum atomic E-state index is 8.68. The molecule has 0 saturated heterocycles. The molecule has 0 spiro atoms. The predicted molar refractivity (Wildman–Crippen MR) is 64.6 cm³/mol. The molecule has 0 amide bonds. The molecule has 0 fully saturated rings. The molecule has 1 unspecified atom stereocenters. The van der Waals surface area contributed by atoms with Gasteiger partial charge in [-0.1, -0.05) is 18.2 Å². The summed E-state index contributed by atoms with van der Waals surface area (Å²) in [6.07, 6.45) is 1.63. The van der Waals surface area contributed by atoms with Gasteiger partial charge < -0.3 is 0 Å². The van der Waals surface area contributed by atoms with Crippen molar-refractivity contribution in [2.24, 2.45) is 0 Å². The maximum Gasteiger partial charge on any atom is 0.252 e. The van der Waals surface area contributed by atoms with Gasteiger partial charge in [0.05, 0.1) is 6.54 Å². The lowest BCUT2D eigenvalue weighted by molar-refractivity contribution is 0.547. The average Bonchev–Trinajstić information content (AvgIpc) is 2.97. The Hall–Kier alpha value is -1.80. The van der Waals surface area contributed by atoms with Crippen LogP contribution in [-0.4, -0.2) is 20.5 Å². The van der Waals surface area contributed by atoms with Gasteiger partial charge in [0.1, 0.15) is 12.4 Å². The van der Waals surface area contributed by atoms with Crippen molar-refractivity contribution in [2.45, 2.75) is 17.4 Å². The topological polar surface area (TPSA) is 54.5 Å². The lowest BCUT2D eigenvalue weighted by Crippen LogP contribution is -2.09. The highest BCUT2D eigenvalue weighted by atomic mass is 32.2. The molecule has 1 aromatic heterocycles. The van der Waals surface area contributed by atoms with Crippen molar-refractivity contribution >= 4 is 11.8 Å². The Morgan fingerprint density at radius 3 is 3.18 bits per heavy atom. The van der Waals surface area contributed by atoms with Gasteiger partial charge in [0.2, 0.25) is 0 Å². The van der Waals surface area contributed by atoms with E-state index in [1.165, 1.54) is 10.5 Å². The van der Waals surface area contributed by atoms with Crippen LogP contribution in [0.15, 0.2) is 35.5 Å². The van der Waals surface area contributed by atoms with Gasteiger partial charge in [-0.05, 0) is 11.6 Å². The van der Waals surface area contributed by atoms with Crippen molar-refractivity contribution in [3.63, 3.8) is 0 Å². The van der Waals surface area contributed by atoms with Gasteiger partial charge in [-0.3, -0.25) is 4.68 Å². The summed E-state index contributed by atoms with van der Waals surface area (Å²) in [5.74, 6) is 1.77. The third kappa shape index (κ3) is 1.92. The highest BCUT2D eigenvalue weighted by molar-refractivity contribution is 7.99. The Bertz CT molecular complexity index is 584. The molecule has 17 heavy (non-hydrogen) atoms. The van der Waals surface area contributed by atoms with Crippen LogP contribution in [0.2, 0.25) is 0 Å². The van der Waals surface area contributed by atoms with E-state index in [2.05, 4.69) is 34.3 Å². The molecule has 4 nitrogen and oxygen atoms in total. The molecule has 0 saturated carbocycles. The minimum absolute atomic E-state index is 0.240. The van der Waals surface area contributed by atoms with E-state index in [9.17, 15) is 0 Å². The third-order valence-electron chi connectivity index (χ3n) is 2.84. The molecule has 1 atom stereocenters. The summed E-state index contributed by atoms with van der Waals surface area (Å²) < 4.78 is 1.76. The zero-order valence-corrected chi connectivity index (χ0v) is 9.89. The lowest BCUT2D eigenvalue weighted by Gasteiger charge is -2.09. The number of aromatic nitrogens is 3. The van der Waals surface area contributed by atoms with Gasteiger partial charge in [-0.25, -0.2) is 4.98 Å². The number of hydrogen-bond donors (Lipinski definition) is 0. The zero-order valence-electron chi connectivity index (χ0n) is 9.08. The van der Waals surface area contributed by atoms with Crippen LogP contribution in [0, 0.1) is 11.3 Å². The predicted octanol–water partition coefficient (Wildman–Crippen LogP) is 2.04. The number of fused-ring (bicyclic) bond motifs is 1. The van der Waals surface area contributed by atoms with E-state index < -0.39 is 0 Å². The Kier molecular flexibility index (Phi) is 2.57. The third-order valence-corrected chi connectivity index (χ3v) is 4.09. The normalized spacial score (nSPS) is 17.7. The molecule has 1 aromatic carbocycles. The van der Waals surface area contributed by atoms with Gasteiger partial charge in [0, 0.05) is 16.6 Å². The first-order valence-electron chi connectivity index (χ1n) is 5.38. The number of benzene rings is 1. The van der Waals surface area contributed by atoms with Crippen molar-refractivity contribution in [3.8, 4) is 6.07 Å². The van der Waals surface area contributed by atoms with Gasteiger partial charge in [-0.2, -0.15) is 5.26 Å². The lowest BCUT2D eigenvalue weighted by atomic mass is 10.0. The Morgan fingerprint density at radius 2 is 2.35 bits per heavy atom. The van der Waals surface area contributed by atoms with Crippen LogP contribution in [0.3, 0.4) is 0 Å². The fourth-order valence-corrected chi connectivity index (χ4v) is 3.28. The highest BCUT2D eigenvalue weighted by Gasteiger charge is 2.23. The second kappa shape index (κ2) is 4.22. The minimum Gasteiger partial charge on any atom is -0.251 e. The second-order valence-corrected chi connectivity index (χ2v) is 5.01. The fourth-order valence-electron chi connectivity index (χ4n) is 2.04. The monoisotopic (exact) mass is 242 g/mol. The molecule has 84 valence electrons. The first-order chi connectivity index (χ1) is 8.36. The number of rotatable bonds is 2. The number of nitriles is 1. The van der Waals surface area contributed by atoms with Crippen LogP contribution >= 0.6 is 11.8 Å². The number of nitrogens with zero attached hydrogens (tertiary/aromatic N) is 4. The summed E-state index contributed by atoms with van der Waals surface area (Å²) in [4.78, 5) is 5.28. The van der Waals surface area contributed by atoms with Crippen LogP contribution in [0.25, 0.3) is 0 Å². The first kappa shape index (κ1) is 10.4. The first-order valence-corrected chi connectivity index (χ1v) is 6.36. The Balaban J connectivity index is 1.82. The molecule has 2 aromatic rings. The molecule has 1 aliphatic heterocycles. The zero-order chi connectivity index (χ0) is 11.7. The summed E-state index contributed by atoms with van der Waals surface area (Å²) in [5, 5.41) is 12.8. The molecule has 1 aliphatic rings. The summed E-state index contributed by atoms with van der Waals surface area (Å²) in [5.41, 5.74) is 1.38. The average molecular weight is 242 g/mol. The largest absolute Gasteiger partial charge is 0.252 e. The van der Waals surface area contributed by atoms with E-state index in [1.807, 2.05) is 17.8 Å². The van der Waals surface area contributed by atoms with E-state index in [4.69, 9.17) is 5.26 Å². The smallest absolute Gasteiger partial charge is 0.251 e. The Labute approximate surface area is 103 Å². The second-order valence-electron chi connectivity index (χ2n) is 3.95. The van der Waals surface area contributed by atoms with Crippen molar-refractivity contribution in [1.82, 2.24) is 14.8 Å². The molecule has 0 radical (unpaired) electrons. The maximum absolute atomic E-state index is 8.68. The van der Waals surface area contributed by atoms with E-state index in [-0.39, 0.29) is 5.82 Å². The molecule has 2 heterocycles. The van der Waals surface area contributed by atoms with Crippen molar-refractivity contribution in [1.29, 1.82) is 5.26 Å². The molecular weight excluding hydrogens is 232 g/mol. The van der Waals surface area contributed by atoms with Gasteiger partial charge in [-0.15, -0.1) is 16.9 Å². The molecule has 0 bridgehead atoms. The van der Waals surface area contributed by atoms with Crippen molar-refractivity contribution in [3.05, 3.63) is 42.0 Å². The van der Waals surface area contributed by atoms with Crippen LogP contribution in [-0.2, 0) is 6.54 Å². The molecular formula is C12H10N4S. The SMILES string of the molecule is N#Cc1ncn(CC2CSc3ccccc32)n1. The van der Waals surface area contributed by atoms with E-state index >= 15 is 0 Å².